The summed E-state index contributed by atoms with van der Waals surface area (Å²) in [7, 11) is 0. The quantitative estimate of drug-likeness (QED) is 0.412. The fourth-order valence-electron chi connectivity index (χ4n) is 3.21. The van der Waals surface area contributed by atoms with E-state index in [4.69, 9.17) is 21.1 Å². The number of halogens is 3. The van der Waals surface area contributed by atoms with Crippen molar-refractivity contribution in [2.75, 3.05) is 6.61 Å². The number of rotatable bonds is 3. The van der Waals surface area contributed by atoms with Crippen molar-refractivity contribution in [1.82, 2.24) is 9.97 Å². The molecule has 4 aromatic rings. The number of hydrogen-bond donors (Lipinski definition) is 0. The van der Waals surface area contributed by atoms with Gasteiger partial charge >= 0.3 is 6.61 Å². The Labute approximate surface area is 172 Å². The molecule has 0 amide bonds. The fraction of sp³-hybridized carbons (Fsp3) is 0.150. The summed E-state index contributed by atoms with van der Waals surface area (Å²) in [6, 6.07) is 8.53. The van der Waals surface area contributed by atoms with Gasteiger partial charge < -0.3 is 14.2 Å². The van der Waals surface area contributed by atoms with Crippen molar-refractivity contribution in [3.05, 3.63) is 48.5 Å². The molecule has 0 aliphatic carbocycles. The van der Waals surface area contributed by atoms with Crippen LogP contribution in [0.1, 0.15) is 0 Å². The lowest BCUT2D eigenvalue weighted by Crippen LogP contribution is -2.25. The van der Waals surface area contributed by atoms with Crippen LogP contribution in [0.25, 0.3) is 31.7 Å². The summed E-state index contributed by atoms with van der Waals surface area (Å²) in [5, 5.41) is 1.69. The van der Waals surface area contributed by atoms with Gasteiger partial charge in [-0.1, -0.05) is 11.6 Å². The molecule has 1 aliphatic rings. The summed E-state index contributed by atoms with van der Waals surface area (Å²) in [5.41, 5.74) is 2.03. The number of ether oxygens (including phenoxy) is 3. The minimum Gasteiger partial charge on any atom is -0.484 e. The lowest BCUT2D eigenvalue weighted by molar-refractivity contribution is -0.0499. The Hall–Kier alpha value is -2.71. The predicted octanol–water partition coefficient (Wildman–Crippen LogP) is 5.74. The first-order valence-corrected chi connectivity index (χ1v) is 9.78. The van der Waals surface area contributed by atoms with Crippen molar-refractivity contribution in [2.24, 2.45) is 0 Å². The number of thiazole rings is 1. The molecule has 9 heteroatoms. The van der Waals surface area contributed by atoms with E-state index in [0.717, 1.165) is 10.2 Å². The van der Waals surface area contributed by atoms with E-state index in [0.29, 0.717) is 44.6 Å². The van der Waals surface area contributed by atoms with Gasteiger partial charge in [-0.3, -0.25) is 4.98 Å². The van der Waals surface area contributed by atoms with Crippen LogP contribution in [0.15, 0.2) is 36.5 Å². The molecule has 0 fully saturated rings. The molecule has 0 saturated carbocycles. The van der Waals surface area contributed by atoms with E-state index in [9.17, 15) is 8.78 Å². The van der Waals surface area contributed by atoms with Crippen LogP contribution in [0.5, 0.6) is 17.2 Å². The number of hydrogen-bond acceptors (Lipinski definition) is 6. The molecule has 5 nitrogen and oxygen atoms in total. The lowest BCUT2D eigenvalue weighted by atomic mass is 10.1. The first kappa shape index (κ1) is 18.3. The van der Waals surface area contributed by atoms with E-state index in [1.165, 1.54) is 23.6 Å². The van der Waals surface area contributed by atoms with Crippen LogP contribution < -0.4 is 14.2 Å². The monoisotopic (exact) mass is 433 g/mol. The molecule has 1 aliphatic heterocycles. The number of fused-ring (bicyclic) bond motifs is 4. The largest absolute Gasteiger partial charge is 0.484 e. The molecular weight excluding hydrogens is 422 g/mol. The zero-order valence-corrected chi connectivity index (χ0v) is 16.3. The van der Waals surface area contributed by atoms with Crippen molar-refractivity contribution in [3.8, 4) is 27.8 Å². The van der Waals surface area contributed by atoms with E-state index < -0.39 is 6.61 Å². The number of pyridine rings is 1. The molecule has 0 N–H and O–H groups in total. The van der Waals surface area contributed by atoms with Gasteiger partial charge in [-0.25, -0.2) is 4.98 Å². The van der Waals surface area contributed by atoms with E-state index in [1.54, 1.807) is 18.2 Å². The second-order valence-corrected chi connectivity index (χ2v) is 7.82. The molecule has 0 bridgehead atoms. The van der Waals surface area contributed by atoms with Crippen LogP contribution in [0.2, 0.25) is 5.02 Å². The number of benzene rings is 2. The van der Waals surface area contributed by atoms with Crippen LogP contribution in [0.3, 0.4) is 0 Å². The van der Waals surface area contributed by atoms with E-state index in [2.05, 4.69) is 21.6 Å². The van der Waals surface area contributed by atoms with Crippen LogP contribution in [-0.2, 0) is 0 Å². The molecule has 147 valence electrons. The average Bonchev–Trinajstić information content (AvgIpc) is 3.10. The van der Waals surface area contributed by atoms with Crippen LogP contribution in [-0.4, -0.2) is 29.3 Å². The Balaban J connectivity index is 1.66. The standard InChI is InChI=1S/C20H12ClF2N2O3S/c1-9-8-26-17-15(27-9)3-2-14-18(17)29-19(25-14)13-6-11(21)4-10-5-12(28-20(22)23)7-24-16(10)13/h2-7,9,20H,1,8H2/t9-/m1/s1. The zero-order chi connectivity index (χ0) is 20.1. The Bertz CT molecular complexity index is 1250. The highest BCUT2D eigenvalue weighted by Gasteiger charge is 2.23. The Kier molecular flexibility index (Phi) is 4.40. The molecule has 0 saturated heterocycles. The predicted molar refractivity (Wildman–Crippen MR) is 107 cm³/mol. The molecule has 0 unspecified atom stereocenters. The van der Waals surface area contributed by atoms with E-state index in [1.807, 2.05) is 6.07 Å². The van der Waals surface area contributed by atoms with E-state index in [-0.39, 0.29) is 11.9 Å². The molecule has 0 spiro atoms. The Morgan fingerprint density at radius 1 is 1.28 bits per heavy atom. The van der Waals surface area contributed by atoms with Crippen molar-refractivity contribution in [1.29, 1.82) is 0 Å². The third-order valence-electron chi connectivity index (χ3n) is 4.36. The minimum absolute atomic E-state index is 0.0348. The summed E-state index contributed by atoms with van der Waals surface area (Å²) < 4.78 is 41.8. The fourth-order valence-corrected chi connectivity index (χ4v) is 4.51. The van der Waals surface area contributed by atoms with Gasteiger partial charge in [0.15, 0.2) is 11.5 Å². The lowest BCUT2D eigenvalue weighted by Gasteiger charge is -2.23. The number of aromatic nitrogens is 2. The van der Waals surface area contributed by atoms with Crippen LogP contribution >= 0.6 is 22.9 Å². The van der Waals surface area contributed by atoms with Crippen LogP contribution in [0, 0.1) is 6.92 Å². The van der Waals surface area contributed by atoms with Crippen molar-refractivity contribution >= 4 is 44.1 Å². The van der Waals surface area contributed by atoms with Gasteiger partial charge in [0.1, 0.15) is 28.2 Å². The first-order valence-electron chi connectivity index (χ1n) is 8.58. The van der Waals surface area contributed by atoms with E-state index >= 15 is 0 Å². The van der Waals surface area contributed by atoms with Gasteiger partial charge in [-0.2, -0.15) is 8.78 Å². The summed E-state index contributed by atoms with van der Waals surface area (Å²) >= 11 is 7.69. The molecule has 29 heavy (non-hydrogen) atoms. The van der Waals surface area contributed by atoms with Gasteiger partial charge in [0.25, 0.3) is 0 Å². The highest BCUT2D eigenvalue weighted by molar-refractivity contribution is 7.22. The van der Waals surface area contributed by atoms with Gasteiger partial charge in [0.05, 0.1) is 17.2 Å². The molecule has 1 radical (unpaired) electrons. The maximum Gasteiger partial charge on any atom is 0.387 e. The second kappa shape index (κ2) is 6.96. The molecule has 3 heterocycles. The van der Waals surface area contributed by atoms with Crippen molar-refractivity contribution in [3.63, 3.8) is 0 Å². The number of nitrogens with zero attached hydrogens (tertiary/aromatic N) is 2. The van der Waals surface area contributed by atoms with Gasteiger partial charge in [-0.15, -0.1) is 11.3 Å². The topological polar surface area (TPSA) is 53.5 Å². The molecule has 1 atom stereocenters. The normalized spacial score (nSPS) is 16.0. The van der Waals surface area contributed by atoms with Gasteiger partial charge in [0, 0.05) is 16.0 Å². The summed E-state index contributed by atoms with van der Waals surface area (Å²) in [6.07, 6.45) is 0.991. The summed E-state index contributed by atoms with van der Waals surface area (Å²) in [5.74, 6) is 1.23. The molecule has 2 aromatic heterocycles. The van der Waals surface area contributed by atoms with Gasteiger partial charge in [0.2, 0.25) is 0 Å². The van der Waals surface area contributed by atoms with Crippen LogP contribution in [0.4, 0.5) is 8.78 Å². The minimum atomic E-state index is -2.93. The highest BCUT2D eigenvalue weighted by Crippen LogP contribution is 2.44. The van der Waals surface area contributed by atoms with Crippen molar-refractivity contribution < 1.29 is 23.0 Å². The van der Waals surface area contributed by atoms with Crippen molar-refractivity contribution in [2.45, 2.75) is 12.7 Å². The molecule has 2 aromatic carbocycles. The highest BCUT2D eigenvalue weighted by atomic mass is 35.5. The Morgan fingerprint density at radius 2 is 2.14 bits per heavy atom. The third kappa shape index (κ3) is 3.32. The summed E-state index contributed by atoms with van der Waals surface area (Å²) in [4.78, 5) is 8.99. The second-order valence-electron chi connectivity index (χ2n) is 6.39. The SMILES string of the molecule is [CH2][C@@H]1COc2c(ccc3nc(-c4cc(Cl)cc5cc(OC(F)F)cnc45)sc23)O1. The number of alkyl halides is 2. The average molecular weight is 434 g/mol. The molecular formula is C20H12ClF2N2O3S. The maximum absolute atomic E-state index is 12.5. The summed E-state index contributed by atoms with van der Waals surface area (Å²) in [6.45, 7) is 1.29. The Morgan fingerprint density at radius 3 is 2.97 bits per heavy atom. The smallest absolute Gasteiger partial charge is 0.387 e. The maximum atomic E-state index is 12.5. The first-order chi connectivity index (χ1) is 14.0. The molecule has 5 rings (SSSR count). The van der Waals surface area contributed by atoms with Gasteiger partial charge in [-0.05, 0) is 37.3 Å². The zero-order valence-electron chi connectivity index (χ0n) is 14.7. The third-order valence-corrected chi connectivity index (χ3v) is 5.68.